The first-order chi connectivity index (χ1) is 11.8. The van der Waals surface area contributed by atoms with E-state index in [0.29, 0.717) is 12.5 Å². The van der Waals surface area contributed by atoms with Crippen molar-refractivity contribution in [2.24, 2.45) is 0 Å². The number of rotatable bonds is 5. The van der Waals surface area contributed by atoms with Gasteiger partial charge in [-0.15, -0.1) is 0 Å². The maximum atomic E-state index is 6.01. The van der Waals surface area contributed by atoms with Crippen molar-refractivity contribution >= 4 is 16.6 Å². The van der Waals surface area contributed by atoms with Gasteiger partial charge in [0, 0.05) is 31.9 Å². The predicted octanol–water partition coefficient (Wildman–Crippen LogP) is 2.21. The summed E-state index contributed by atoms with van der Waals surface area (Å²) >= 11 is 0. The van der Waals surface area contributed by atoms with Crippen molar-refractivity contribution in [3.05, 3.63) is 36.5 Å². The van der Waals surface area contributed by atoms with Gasteiger partial charge in [0.15, 0.2) is 0 Å². The third-order valence-corrected chi connectivity index (χ3v) is 4.38. The van der Waals surface area contributed by atoms with Crippen LogP contribution in [0, 0.1) is 0 Å². The average molecular weight is 327 g/mol. The lowest BCUT2D eigenvalue weighted by molar-refractivity contribution is 0.0321. The standard InChI is InChI=1S/C18H21N3O3/c1-22-14-4-5-16-15(13-14)19-18(17-3-2-6-21(16)17)24-12-9-20-7-10-23-11-8-20/h2-6,13H,7-12H2,1H3. The zero-order chi connectivity index (χ0) is 16.4. The molecule has 0 bridgehead atoms. The van der Waals surface area contributed by atoms with Gasteiger partial charge < -0.3 is 18.6 Å². The summed E-state index contributed by atoms with van der Waals surface area (Å²) in [6.07, 6.45) is 2.03. The van der Waals surface area contributed by atoms with Crippen molar-refractivity contribution in [1.82, 2.24) is 14.3 Å². The quantitative estimate of drug-likeness (QED) is 0.719. The molecule has 0 atom stereocenters. The fraction of sp³-hybridized carbons (Fsp3) is 0.389. The zero-order valence-corrected chi connectivity index (χ0v) is 13.8. The Balaban J connectivity index is 1.59. The fourth-order valence-corrected chi connectivity index (χ4v) is 3.06. The number of nitrogens with zero attached hydrogens (tertiary/aromatic N) is 3. The monoisotopic (exact) mass is 327 g/mol. The van der Waals surface area contributed by atoms with Gasteiger partial charge in [-0.05, 0) is 24.3 Å². The second-order valence-electron chi connectivity index (χ2n) is 5.84. The Kier molecular flexibility index (Phi) is 4.23. The lowest BCUT2D eigenvalue weighted by Crippen LogP contribution is -2.38. The van der Waals surface area contributed by atoms with E-state index in [1.54, 1.807) is 7.11 Å². The Bertz CT molecular complexity index is 840. The minimum absolute atomic E-state index is 0.614. The second-order valence-corrected chi connectivity index (χ2v) is 5.84. The van der Waals surface area contributed by atoms with Gasteiger partial charge in [-0.2, -0.15) is 0 Å². The summed E-state index contributed by atoms with van der Waals surface area (Å²) in [4.78, 5) is 7.05. The Morgan fingerprint density at radius 3 is 2.88 bits per heavy atom. The molecule has 3 aromatic rings. The van der Waals surface area contributed by atoms with Crippen molar-refractivity contribution in [3.63, 3.8) is 0 Å². The molecule has 1 aromatic carbocycles. The van der Waals surface area contributed by atoms with E-state index in [1.165, 1.54) is 0 Å². The van der Waals surface area contributed by atoms with E-state index >= 15 is 0 Å². The van der Waals surface area contributed by atoms with Gasteiger partial charge in [-0.3, -0.25) is 4.90 Å². The molecular formula is C18H21N3O3. The van der Waals surface area contributed by atoms with E-state index in [9.17, 15) is 0 Å². The van der Waals surface area contributed by atoms with Crippen LogP contribution in [0.5, 0.6) is 11.6 Å². The topological polar surface area (TPSA) is 48.2 Å². The largest absolute Gasteiger partial charge is 0.497 e. The molecule has 126 valence electrons. The molecule has 0 radical (unpaired) electrons. The summed E-state index contributed by atoms with van der Waals surface area (Å²) in [5.41, 5.74) is 2.88. The molecular weight excluding hydrogens is 306 g/mol. The van der Waals surface area contributed by atoms with Gasteiger partial charge in [0.1, 0.15) is 17.9 Å². The average Bonchev–Trinajstić information content (AvgIpc) is 3.12. The minimum Gasteiger partial charge on any atom is -0.497 e. The number of benzene rings is 1. The van der Waals surface area contributed by atoms with Crippen molar-refractivity contribution in [1.29, 1.82) is 0 Å². The van der Waals surface area contributed by atoms with Crippen molar-refractivity contribution in [2.45, 2.75) is 0 Å². The molecule has 2 aromatic heterocycles. The summed E-state index contributed by atoms with van der Waals surface area (Å²) in [7, 11) is 1.66. The molecule has 1 aliphatic heterocycles. The van der Waals surface area contributed by atoms with Crippen molar-refractivity contribution in [3.8, 4) is 11.6 Å². The number of hydrogen-bond donors (Lipinski definition) is 0. The van der Waals surface area contributed by atoms with E-state index in [4.69, 9.17) is 19.2 Å². The van der Waals surface area contributed by atoms with Crippen LogP contribution in [-0.4, -0.2) is 60.8 Å². The van der Waals surface area contributed by atoms with E-state index in [0.717, 1.165) is 55.1 Å². The second kappa shape index (κ2) is 6.67. The lowest BCUT2D eigenvalue weighted by atomic mass is 10.2. The number of hydrogen-bond acceptors (Lipinski definition) is 5. The number of methoxy groups -OCH3 is 1. The molecule has 0 amide bonds. The highest BCUT2D eigenvalue weighted by Crippen LogP contribution is 2.26. The van der Waals surface area contributed by atoms with Crippen molar-refractivity contribution in [2.75, 3.05) is 46.6 Å². The number of morpholine rings is 1. The maximum absolute atomic E-state index is 6.01. The first-order valence-electron chi connectivity index (χ1n) is 8.23. The Morgan fingerprint density at radius 2 is 2.04 bits per heavy atom. The SMILES string of the molecule is COc1ccc2c(c1)nc(OCCN1CCOCC1)c1cccn12. The van der Waals surface area contributed by atoms with Gasteiger partial charge in [0.2, 0.25) is 5.88 Å². The van der Waals surface area contributed by atoms with Gasteiger partial charge in [-0.25, -0.2) is 4.98 Å². The van der Waals surface area contributed by atoms with Gasteiger partial charge in [0.25, 0.3) is 0 Å². The van der Waals surface area contributed by atoms with Gasteiger partial charge in [-0.1, -0.05) is 0 Å². The molecule has 24 heavy (non-hydrogen) atoms. The summed E-state index contributed by atoms with van der Waals surface area (Å²) in [6, 6.07) is 9.94. The highest BCUT2D eigenvalue weighted by atomic mass is 16.5. The molecule has 0 unspecified atom stereocenters. The Hall–Kier alpha value is -2.31. The van der Waals surface area contributed by atoms with E-state index < -0.39 is 0 Å². The molecule has 0 N–H and O–H groups in total. The molecule has 6 nitrogen and oxygen atoms in total. The summed E-state index contributed by atoms with van der Waals surface area (Å²) in [6.45, 7) is 5.03. The highest BCUT2D eigenvalue weighted by Gasteiger charge is 2.13. The minimum atomic E-state index is 0.614. The molecule has 0 spiro atoms. The molecule has 4 rings (SSSR count). The highest BCUT2D eigenvalue weighted by molar-refractivity contribution is 5.82. The smallest absolute Gasteiger partial charge is 0.238 e. The van der Waals surface area contributed by atoms with Crippen LogP contribution in [0.1, 0.15) is 0 Å². The van der Waals surface area contributed by atoms with Gasteiger partial charge in [0.05, 0.1) is 31.4 Å². The molecule has 1 saturated heterocycles. The lowest BCUT2D eigenvalue weighted by Gasteiger charge is -2.26. The third kappa shape index (κ3) is 2.90. The van der Waals surface area contributed by atoms with E-state index in [1.807, 2.05) is 36.5 Å². The fourth-order valence-electron chi connectivity index (χ4n) is 3.06. The van der Waals surface area contributed by atoms with Crippen LogP contribution in [-0.2, 0) is 4.74 Å². The van der Waals surface area contributed by atoms with Crippen LogP contribution >= 0.6 is 0 Å². The van der Waals surface area contributed by atoms with Crippen LogP contribution in [0.25, 0.3) is 16.6 Å². The third-order valence-electron chi connectivity index (χ3n) is 4.38. The summed E-state index contributed by atoms with van der Waals surface area (Å²) in [5, 5.41) is 0. The van der Waals surface area contributed by atoms with Crippen LogP contribution in [0.15, 0.2) is 36.5 Å². The summed E-state index contributed by atoms with van der Waals surface area (Å²) in [5.74, 6) is 1.45. The molecule has 3 heterocycles. The molecule has 0 aliphatic carbocycles. The number of ether oxygens (including phenoxy) is 3. The predicted molar refractivity (Wildman–Crippen MR) is 92.0 cm³/mol. The number of aromatic nitrogens is 2. The van der Waals surface area contributed by atoms with E-state index in [-0.39, 0.29) is 0 Å². The maximum Gasteiger partial charge on any atom is 0.238 e. The first kappa shape index (κ1) is 15.2. The summed E-state index contributed by atoms with van der Waals surface area (Å²) < 4.78 is 18.8. The molecule has 1 fully saturated rings. The van der Waals surface area contributed by atoms with Crippen LogP contribution in [0.3, 0.4) is 0 Å². The molecule has 6 heteroatoms. The van der Waals surface area contributed by atoms with E-state index in [2.05, 4.69) is 9.30 Å². The van der Waals surface area contributed by atoms with Gasteiger partial charge >= 0.3 is 0 Å². The van der Waals surface area contributed by atoms with Crippen molar-refractivity contribution < 1.29 is 14.2 Å². The van der Waals surface area contributed by atoms with Crippen LogP contribution < -0.4 is 9.47 Å². The zero-order valence-electron chi connectivity index (χ0n) is 13.8. The van der Waals surface area contributed by atoms with Crippen LogP contribution in [0.4, 0.5) is 0 Å². The Labute approximate surface area is 140 Å². The molecule has 1 aliphatic rings. The molecule has 0 saturated carbocycles. The van der Waals surface area contributed by atoms with Crippen LogP contribution in [0.2, 0.25) is 0 Å². The first-order valence-corrected chi connectivity index (χ1v) is 8.23. The number of fused-ring (bicyclic) bond motifs is 3. The Morgan fingerprint density at radius 1 is 1.17 bits per heavy atom. The normalized spacial score (nSPS) is 15.9.